The van der Waals surface area contributed by atoms with Gasteiger partial charge >= 0.3 is 5.97 Å². The highest BCUT2D eigenvalue weighted by atomic mass is 16.5. The van der Waals surface area contributed by atoms with Crippen LogP contribution in [-0.2, 0) is 9.53 Å². The predicted molar refractivity (Wildman–Crippen MR) is 144 cm³/mol. The zero-order valence-electron chi connectivity index (χ0n) is 21.8. The number of carbonyl (C=O) groups is 3. The van der Waals surface area contributed by atoms with E-state index >= 15 is 0 Å². The molecule has 0 spiro atoms. The van der Waals surface area contributed by atoms with Crippen molar-refractivity contribution in [2.45, 2.75) is 71.6 Å². The number of hydrogen-bond donors (Lipinski definition) is 0. The molecule has 0 radical (unpaired) electrons. The van der Waals surface area contributed by atoms with Crippen molar-refractivity contribution in [1.82, 2.24) is 0 Å². The van der Waals surface area contributed by atoms with Crippen molar-refractivity contribution in [3.63, 3.8) is 0 Å². The lowest BCUT2D eigenvalue weighted by Crippen LogP contribution is -2.12. The zero-order valence-corrected chi connectivity index (χ0v) is 21.8. The van der Waals surface area contributed by atoms with E-state index in [-0.39, 0.29) is 23.5 Å². The van der Waals surface area contributed by atoms with Crippen molar-refractivity contribution in [1.29, 1.82) is 0 Å². The van der Waals surface area contributed by atoms with E-state index in [9.17, 15) is 14.4 Å². The van der Waals surface area contributed by atoms with Crippen LogP contribution in [0.5, 0.6) is 5.75 Å². The van der Waals surface area contributed by atoms with Gasteiger partial charge in [0.05, 0.1) is 13.2 Å². The minimum atomic E-state index is -0.384. The summed E-state index contributed by atoms with van der Waals surface area (Å²) in [5.74, 6) is 0.400. The van der Waals surface area contributed by atoms with Gasteiger partial charge in [-0.3, -0.25) is 9.59 Å². The number of rotatable bonds is 18. The number of esters is 1. The molecule has 0 amide bonds. The third-order valence-corrected chi connectivity index (χ3v) is 6.20. The SMILES string of the molecule is C=CC(=O)OCCCCCCOc1ccc(C(=O)c2ccc(C(=O)C(C)CCCCCC)cc2)cc1. The van der Waals surface area contributed by atoms with E-state index in [1.807, 2.05) is 6.92 Å². The fourth-order valence-corrected chi connectivity index (χ4v) is 3.93. The maximum Gasteiger partial charge on any atom is 0.330 e. The van der Waals surface area contributed by atoms with Gasteiger partial charge < -0.3 is 9.47 Å². The van der Waals surface area contributed by atoms with Crippen LogP contribution in [0.25, 0.3) is 0 Å². The van der Waals surface area contributed by atoms with Crippen LogP contribution in [-0.4, -0.2) is 30.7 Å². The van der Waals surface area contributed by atoms with Crippen LogP contribution >= 0.6 is 0 Å². The molecule has 0 N–H and O–H groups in total. The smallest absolute Gasteiger partial charge is 0.330 e. The number of ketones is 2. The molecule has 0 heterocycles. The summed E-state index contributed by atoms with van der Waals surface area (Å²) in [6.07, 6.45) is 10.4. The molecule has 1 unspecified atom stereocenters. The Labute approximate surface area is 215 Å². The molecular formula is C31H40O5. The van der Waals surface area contributed by atoms with Crippen molar-refractivity contribution in [2.24, 2.45) is 5.92 Å². The first-order valence-corrected chi connectivity index (χ1v) is 13.2. The Balaban J connectivity index is 1.75. The first-order valence-electron chi connectivity index (χ1n) is 13.2. The summed E-state index contributed by atoms with van der Waals surface area (Å²) in [6, 6.07) is 14.1. The summed E-state index contributed by atoms with van der Waals surface area (Å²) < 4.78 is 10.7. The molecule has 0 aliphatic carbocycles. The van der Waals surface area contributed by atoms with Crippen molar-refractivity contribution in [3.05, 3.63) is 77.9 Å². The summed E-state index contributed by atoms with van der Waals surface area (Å²) in [6.45, 7) is 8.54. The van der Waals surface area contributed by atoms with E-state index in [2.05, 4.69) is 13.5 Å². The van der Waals surface area contributed by atoms with Gasteiger partial charge in [-0.15, -0.1) is 0 Å². The number of carbonyl (C=O) groups excluding carboxylic acids is 3. The Bertz CT molecular complexity index is 959. The molecule has 0 saturated carbocycles. The summed E-state index contributed by atoms with van der Waals surface area (Å²) in [7, 11) is 0. The molecule has 1 atom stereocenters. The molecule has 194 valence electrons. The molecule has 0 fully saturated rings. The molecule has 0 aromatic heterocycles. The van der Waals surface area contributed by atoms with E-state index in [4.69, 9.17) is 9.47 Å². The second-order valence-corrected chi connectivity index (χ2v) is 9.18. The molecule has 0 bridgehead atoms. The van der Waals surface area contributed by atoms with Gasteiger partial charge in [0.25, 0.3) is 0 Å². The third-order valence-electron chi connectivity index (χ3n) is 6.20. The van der Waals surface area contributed by atoms with Gasteiger partial charge in [-0.25, -0.2) is 4.79 Å². The normalized spacial score (nSPS) is 11.5. The monoisotopic (exact) mass is 492 g/mol. The number of ether oxygens (including phenoxy) is 2. The second-order valence-electron chi connectivity index (χ2n) is 9.18. The van der Waals surface area contributed by atoms with Crippen LogP contribution in [0.3, 0.4) is 0 Å². The molecule has 0 aliphatic heterocycles. The standard InChI is InChI=1S/C31H40O5/c1-4-6-7-10-13-24(3)30(33)25-14-16-26(17-15-25)31(34)27-18-20-28(21-19-27)35-22-11-8-9-12-23-36-29(32)5-2/h5,14-21,24H,2,4,6-13,22-23H2,1,3H3. The highest BCUT2D eigenvalue weighted by Gasteiger charge is 2.16. The fraction of sp³-hybridized carbons (Fsp3) is 0.452. The molecule has 2 aromatic rings. The molecule has 0 saturated heterocycles. The van der Waals surface area contributed by atoms with Crippen molar-refractivity contribution in [3.8, 4) is 5.75 Å². The Hall–Kier alpha value is -3.21. The minimum Gasteiger partial charge on any atom is -0.494 e. The van der Waals surface area contributed by atoms with Gasteiger partial charge in [0.1, 0.15) is 5.75 Å². The van der Waals surface area contributed by atoms with E-state index in [0.717, 1.165) is 44.3 Å². The van der Waals surface area contributed by atoms with Crippen LogP contribution in [0.15, 0.2) is 61.2 Å². The topological polar surface area (TPSA) is 69.7 Å². The Morgan fingerprint density at radius 1 is 0.778 bits per heavy atom. The van der Waals surface area contributed by atoms with E-state index in [1.165, 1.54) is 25.3 Å². The van der Waals surface area contributed by atoms with Crippen molar-refractivity contribution >= 4 is 17.5 Å². The Kier molecular flexibility index (Phi) is 13.3. The summed E-state index contributed by atoms with van der Waals surface area (Å²) >= 11 is 0. The molecule has 5 nitrogen and oxygen atoms in total. The molecule has 2 aromatic carbocycles. The van der Waals surface area contributed by atoms with Gasteiger partial charge in [0.2, 0.25) is 0 Å². The summed E-state index contributed by atoms with van der Waals surface area (Å²) in [5.41, 5.74) is 1.81. The third kappa shape index (κ3) is 10.2. The van der Waals surface area contributed by atoms with E-state index < -0.39 is 0 Å². The van der Waals surface area contributed by atoms with Crippen LogP contribution in [0, 0.1) is 5.92 Å². The Morgan fingerprint density at radius 3 is 1.94 bits per heavy atom. The van der Waals surface area contributed by atoms with Crippen LogP contribution < -0.4 is 4.74 Å². The van der Waals surface area contributed by atoms with Gasteiger partial charge in [0, 0.05) is 28.7 Å². The molecule has 5 heteroatoms. The average Bonchev–Trinajstić information content (AvgIpc) is 2.91. The molecule has 0 aliphatic rings. The molecule has 2 rings (SSSR count). The lowest BCUT2D eigenvalue weighted by Gasteiger charge is -2.11. The first kappa shape index (κ1) is 29.0. The average molecular weight is 493 g/mol. The van der Waals surface area contributed by atoms with Crippen molar-refractivity contribution < 1.29 is 23.9 Å². The quantitative estimate of drug-likeness (QED) is 0.0940. The number of unbranched alkanes of at least 4 members (excludes halogenated alkanes) is 6. The van der Waals surface area contributed by atoms with Gasteiger partial charge in [-0.2, -0.15) is 0 Å². The van der Waals surface area contributed by atoms with Gasteiger partial charge in [-0.1, -0.05) is 70.4 Å². The number of Topliss-reactive ketones (excluding diaryl/α,β-unsaturated/α-hetero) is 1. The van der Waals surface area contributed by atoms with Crippen LogP contribution in [0.4, 0.5) is 0 Å². The zero-order chi connectivity index (χ0) is 26.2. The lowest BCUT2D eigenvalue weighted by atomic mass is 9.92. The largest absolute Gasteiger partial charge is 0.494 e. The highest BCUT2D eigenvalue weighted by Crippen LogP contribution is 2.19. The predicted octanol–water partition coefficient (Wildman–Crippen LogP) is 7.38. The van der Waals surface area contributed by atoms with E-state index in [1.54, 1.807) is 48.5 Å². The fourth-order valence-electron chi connectivity index (χ4n) is 3.93. The molecule has 36 heavy (non-hydrogen) atoms. The van der Waals surface area contributed by atoms with Gasteiger partial charge in [0.15, 0.2) is 11.6 Å². The van der Waals surface area contributed by atoms with Gasteiger partial charge in [-0.05, 0) is 56.4 Å². The maximum atomic E-state index is 12.9. The number of hydrogen-bond acceptors (Lipinski definition) is 5. The number of benzene rings is 2. The Morgan fingerprint density at radius 2 is 1.33 bits per heavy atom. The van der Waals surface area contributed by atoms with E-state index in [0.29, 0.717) is 29.9 Å². The van der Waals surface area contributed by atoms with Crippen LogP contribution in [0.1, 0.15) is 97.9 Å². The summed E-state index contributed by atoms with van der Waals surface area (Å²) in [5, 5.41) is 0. The van der Waals surface area contributed by atoms with Crippen LogP contribution in [0.2, 0.25) is 0 Å². The second kappa shape index (κ2) is 16.5. The molecular weight excluding hydrogens is 452 g/mol. The first-order chi connectivity index (χ1) is 17.5. The minimum absolute atomic E-state index is 0.00187. The maximum absolute atomic E-state index is 12.9. The highest BCUT2D eigenvalue weighted by molar-refractivity contribution is 6.09. The van der Waals surface area contributed by atoms with Crippen molar-refractivity contribution in [2.75, 3.05) is 13.2 Å². The lowest BCUT2D eigenvalue weighted by molar-refractivity contribution is -0.137. The summed E-state index contributed by atoms with van der Waals surface area (Å²) in [4.78, 5) is 36.5.